The van der Waals surface area contributed by atoms with Crippen LogP contribution in [0.5, 0.6) is 0 Å². The third kappa shape index (κ3) is 3.97. The molecule has 1 aromatic rings. The summed E-state index contributed by atoms with van der Waals surface area (Å²) >= 11 is 9.60. The van der Waals surface area contributed by atoms with Crippen molar-refractivity contribution >= 4 is 27.5 Å². The van der Waals surface area contributed by atoms with E-state index in [-0.39, 0.29) is 0 Å². The van der Waals surface area contributed by atoms with Gasteiger partial charge in [-0.1, -0.05) is 33.6 Å². The van der Waals surface area contributed by atoms with E-state index in [0.29, 0.717) is 5.02 Å². The molecule has 20 heavy (non-hydrogen) atoms. The molecule has 0 saturated heterocycles. The predicted molar refractivity (Wildman–Crippen MR) is 86.0 cm³/mol. The zero-order valence-corrected chi connectivity index (χ0v) is 13.9. The first-order valence-corrected chi connectivity index (χ1v) is 8.67. The molecule has 2 aliphatic carbocycles. The van der Waals surface area contributed by atoms with Gasteiger partial charge in [-0.15, -0.1) is 0 Å². The van der Waals surface area contributed by atoms with Gasteiger partial charge in [0.15, 0.2) is 0 Å². The van der Waals surface area contributed by atoms with Crippen LogP contribution in [-0.4, -0.2) is 29.1 Å². The Morgan fingerprint density at radius 3 is 2.65 bits per heavy atom. The molecule has 0 bridgehead atoms. The molecule has 2 saturated carbocycles. The van der Waals surface area contributed by atoms with Crippen LogP contribution >= 0.6 is 27.5 Å². The monoisotopic (exact) mass is 357 g/mol. The second-order valence-electron chi connectivity index (χ2n) is 6.14. The lowest BCUT2D eigenvalue weighted by molar-refractivity contribution is 0.137. The van der Waals surface area contributed by atoms with E-state index < -0.39 is 6.10 Å². The van der Waals surface area contributed by atoms with Gasteiger partial charge in [0.2, 0.25) is 0 Å². The van der Waals surface area contributed by atoms with Gasteiger partial charge < -0.3 is 10.0 Å². The summed E-state index contributed by atoms with van der Waals surface area (Å²) in [6.07, 6.45) is 5.76. The molecule has 110 valence electrons. The first-order valence-electron chi connectivity index (χ1n) is 7.50. The second-order valence-corrected chi connectivity index (χ2v) is 7.46. The first-order chi connectivity index (χ1) is 9.63. The summed E-state index contributed by atoms with van der Waals surface area (Å²) in [7, 11) is 0. The fourth-order valence-corrected chi connectivity index (χ4v) is 3.51. The highest BCUT2D eigenvalue weighted by Gasteiger charge is 2.33. The quantitative estimate of drug-likeness (QED) is 0.781. The Hall–Kier alpha value is -0.0900. The lowest BCUT2D eigenvalue weighted by Gasteiger charge is -2.23. The molecule has 0 amide bonds. The van der Waals surface area contributed by atoms with E-state index in [1.807, 2.05) is 18.2 Å². The number of aliphatic hydroxyl groups is 1. The molecule has 2 fully saturated rings. The third-order valence-corrected chi connectivity index (χ3v) is 5.08. The Morgan fingerprint density at radius 2 is 2.05 bits per heavy atom. The van der Waals surface area contributed by atoms with Crippen LogP contribution in [0.1, 0.15) is 43.8 Å². The van der Waals surface area contributed by atoms with E-state index in [1.54, 1.807) is 0 Å². The maximum absolute atomic E-state index is 10.4. The molecule has 0 aliphatic heterocycles. The van der Waals surface area contributed by atoms with Gasteiger partial charge in [-0.05, 0) is 55.7 Å². The molecule has 2 nitrogen and oxygen atoms in total. The van der Waals surface area contributed by atoms with Gasteiger partial charge in [0.1, 0.15) is 0 Å². The maximum Gasteiger partial charge on any atom is 0.0816 e. The van der Waals surface area contributed by atoms with E-state index in [4.69, 9.17) is 11.6 Å². The molecule has 0 radical (unpaired) electrons. The number of hydrogen-bond acceptors (Lipinski definition) is 2. The second kappa shape index (κ2) is 6.35. The lowest BCUT2D eigenvalue weighted by Crippen LogP contribution is -2.30. The van der Waals surface area contributed by atoms with Gasteiger partial charge in [-0.3, -0.25) is 0 Å². The largest absolute Gasteiger partial charge is 0.388 e. The molecular formula is C16H21BrClNO. The van der Waals surface area contributed by atoms with Gasteiger partial charge >= 0.3 is 0 Å². The predicted octanol–water partition coefficient (Wildman–Crippen LogP) is 4.40. The van der Waals surface area contributed by atoms with Crippen molar-refractivity contribution in [3.05, 3.63) is 33.3 Å². The van der Waals surface area contributed by atoms with Gasteiger partial charge in [-0.25, -0.2) is 0 Å². The fraction of sp³-hybridized carbons (Fsp3) is 0.625. The number of rotatable bonds is 7. The van der Waals surface area contributed by atoms with Crippen molar-refractivity contribution in [2.75, 3.05) is 13.1 Å². The molecule has 0 heterocycles. The van der Waals surface area contributed by atoms with Crippen LogP contribution in [-0.2, 0) is 0 Å². The Morgan fingerprint density at radius 1 is 1.30 bits per heavy atom. The molecule has 4 heteroatoms. The summed E-state index contributed by atoms with van der Waals surface area (Å²) in [6, 6.07) is 6.48. The van der Waals surface area contributed by atoms with Crippen molar-refractivity contribution in [2.24, 2.45) is 5.92 Å². The van der Waals surface area contributed by atoms with Crippen molar-refractivity contribution in [1.29, 1.82) is 0 Å². The average Bonchev–Trinajstić information content (AvgIpc) is 3.26. The highest BCUT2D eigenvalue weighted by atomic mass is 79.9. The van der Waals surface area contributed by atoms with Crippen LogP contribution < -0.4 is 0 Å². The van der Waals surface area contributed by atoms with Crippen molar-refractivity contribution in [1.82, 2.24) is 4.90 Å². The average molecular weight is 359 g/mol. The first kappa shape index (κ1) is 14.8. The minimum absolute atomic E-state index is 0.462. The Kier molecular flexibility index (Phi) is 4.71. The zero-order chi connectivity index (χ0) is 14.1. The Bertz CT molecular complexity index is 474. The van der Waals surface area contributed by atoms with Crippen molar-refractivity contribution in [3.8, 4) is 0 Å². The van der Waals surface area contributed by atoms with E-state index in [9.17, 15) is 5.11 Å². The molecule has 1 atom stereocenters. The van der Waals surface area contributed by atoms with Gasteiger partial charge in [0.05, 0.1) is 6.10 Å². The van der Waals surface area contributed by atoms with Crippen molar-refractivity contribution < 1.29 is 5.11 Å². The van der Waals surface area contributed by atoms with E-state index in [2.05, 4.69) is 20.8 Å². The van der Waals surface area contributed by atoms with Crippen LogP contribution in [0.15, 0.2) is 22.7 Å². The molecule has 0 aromatic heterocycles. The molecule has 1 unspecified atom stereocenters. The number of halogens is 2. The van der Waals surface area contributed by atoms with Crippen LogP contribution in [0.2, 0.25) is 5.02 Å². The highest BCUT2D eigenvalue weighted by Crippen LogP contribution is 2.36. The molecule has 0 spiro atoms. The molecule has 3 rings (SSSR count). The van der Waals surface area contributed by atoms with Gasteiger partial charge in [-0.2, -0.15) is 0 Å². The summed E-state index contributed by atoms with van der Waals surface area (Å²) in [5.41, 5.74) is 0.844. The van der Waals surface area contributed by atoms with E-state index in [1.165, 1.54) is 32.2 Å². The van der Waals surface area contributed by atoms with Crippen LogP contribution in [0.25, 0.3) is 0 Å². The number of aliphatic hydroxyl groups excluding tert-OH is 1. The fourth-order valence-electron chi connectivity index (χ4n) is 2.71. The summed E-state index contributed by atoms with van der Waals surface area (Å²) < 4.78 is 0.951. The minimum atomic E-state index is -0.462. The Balaban J connectivity index is 1.55. The van der Waals surface area contributed by atoms with Crippen molar-refractivity contribution in [2.45, 2.75) is 44.2 Å². The van der Waals surface area contributed by atoms with E-state index in [0.717, 1.165) is 35.0 Å². The third-order valence-electron chi connectivity index (χ3n) is 4.26. The van der Waals surface area contributed by atoms with Crippen LogP contribution in [0.4, 0.5) is 0 Å². The summed E-state index contributed by atoms with van der Waals surface area (Å²) in [5.74, 6) is 0.920. The zero-order valence-electron chi connectivity index (χ0n) is 11.6. The van der Waals surface area contributed by atoms with Gasteiger partial charge in [0.25, 0.3) is 0 Å². The molecule has 1 aromatic carbocycles. The topological polar surface area (TPSA) is 23.5 Å². The SMILES string of the molecule is OC(CCN(CC1CC1)C1CC1)c1ccc(Br)cc1Cl. The van der Waals surface area contributed by atoms with Crippen LogP contribution in [0.3, 0.4) is 0 Å². The van der Waals surface area contributed by atoms with Crippen molar-refractivity contribution in [3.63, 3.8) is 0 Å². The number of nitrogens with zero attached hydrogens (tertiary/aromatic N) is 1. The molecular weight excluding hydrogens is 338 g/mol. The highest BCUT2D eigenvalue weighted by molar-refractivity contribution is 9.10. The minimum Gasteiger partial charge on any atom is -0.388 e. The maximum atomic E-state index is 10.4. The lowest BCUT2D eigenvalue weighted by atomic mass is 10.1. The normalized spacial score (nSPS) is 20.4. The molecule has 1 N–H and O–H groups in total. The smallest absolute Gasteiger partial charge is 0.0816 e. The number of benzene rings is 1. The van der Waals surface area contributed by atoms with E-state index >= 15 is 0 Å². The summed E-state index contributed by atoms with van der Waals surface area (Å²) in [4.78, 5) is 2.58. The van der Waals surface area contributed by atoms with Crippen LogP contribution in [0, 0.1) is 5.92 Å². The standard InChI is InChI=1S/C16H21BrClNO/c17-12-3-6-14(15(18)9-12)16(20)7-8-19(13-4-5-13)10-11-1-2-11/h3,6,9,11,13,16,20H,1-2,4-5,7-8,10H2. The van der Waals surface area contributed by atoms with Gasteiger partial charge in [0, 0.05) is 28.6 Å². The summed E-state index contributed by atoms with van der Waals surface area (Å²) in [6.45, 7) is 2.21. The Labute approximate surface area is 134 Å². The molecule has 2 aliphatic rings. The summed E-state index contributed by atoms with van der Waals surface area (Å²) in [5, 5.41) is 11.0. The number of hydrogen-bond donors (Lipinski definition) is 1.